The van der Waals surface area contributed by atoms with Crippen LogP contribution < -0.4 is 0 Å². The van der Waals surface area contributed by atoms with Crippen molar-refractivity contribution in [3.63, 3.8) is 0 Å². The van der Waals surface area contributed by atoms with E-state index in [9.17, 15) is 8.78 Å². The van der Waals surface area contributed by atoms with Crippen LogP contribution in [0.5, 0.6) is 0 Å². The number of hydrogen-bond donors (Lipinski definition) is 0. The fourth-order valence-electron chi connectivity index (χ4n) is 1.63. The van der Waals surface area contributed by atoms with E-state index in [0.29, 0.717) is 5.56 Å². The Bertz CT molecular complexity index is 477. The predicted molar refractivity (Wildman–Crippen MR) is 63.0 cm³/mol. The van der Waals surface area contributed by atoms with E-state index in [1.54, 1.807) is 24.3 Å². The Morgan fingerprint density at radius 3 is 2.35 bits per heavy atom. The first kappa shape index (κ1) is 11.7. The molecule has 17 heavy (non-hydrogen) atoms. The third kappa shape index (κ3) is 2.87. The molecule has 0 unspecified atom stereocenters. The van der Waals surface area contributed by atoms with Crippen LogP contribution in [0.25, 0.3) is 0 Å². The van der Waals surface area contributed by atoms with Crippen molar-refractivity contribution in [1.82, 2.24) is 4.98 Å². The summed E-state index contributed by atoms with van der Waals surface area (Å²) in [5.41, 5.74) is 1.50. The van der Waals surface area contributed by atoms with Crippen LogP contribution in [0.2, 0.25) is 0 Å². The van der Waals surface area contributed by atoms with Crippen molar-refractivity contribution in [2.75, 3.05) is 0 Å². The highest BCUT2D eigenvalue weighted by Crippen LogP contribution is 2.30. The summed E-state index contributed by atoms with van der Waals surface area (Å²) in [4.78, 5) is 3.71. The average Bonchev–Trinajstić information content (AvgIpc) is 2.33. The van der Waals surface area contributed by atoms with Gasteiger partial charge in [-0.05, 0) is 24.6 Å². The quantitative estimate of drug-likeness (QED) is 0.787. The normalized spacial score (nSPS) is 11.5. The molecular weight excluding hydrogens is 220 g/mol. The summed E-state index contributed by atoms with van der Waals surface area (Å²) in [6.07, 6.45) is 1.07. The molecule has 0 aliphatic rings. The van der Waals surface area contributed by atoms with Gasteiger partial charge in [-0.3, -0.25) is 4.98 Å². The number of alkyl halides is 2. The Morgan fingerprint density at radius 2 is 1.76 bits per heavy atom. The summed E-state index contributed by atoms with van der Waals surface area (Å²) < 4.78 is 27.8. The molecule has 0 spiro atoms. The smallest absolute Gasteiger partial charge is 0.255 e. The van der Waals surface area contributed by atoms with Gasteiger partial charge in [0.25, 0.3) is 5.92 Å². The lowest BCUT2D eigenvalue weighted by atomic mass is 10.0. The lowest BCUT2D eigenvalue weighted by molar-refractivity contribution is -0.00834. The maximum absolute atomic E-state index is 13.9. The third-order valence-electron chi connectivity index (χ3n) is 2.59. The van der Waals surface area contributed by atoms with Gasteiger partial charge >= 0.3 is 0 Å². The van der Waals surface area contributed by atoms with E-state index in [-0.39, 0.29) is 12.1 Å². The topological polar surface area (TPSA) is 12.9 Å². The molecular formula is C14H13F2N. The highest BCUT2D eigenvalue weighted by atomic mass is 19.3. The van der Waals surface area contributed by atoms with Crippen LogP contribution in [0, 0.1) is 6.92 Å². The van der Waals surface area contributed by atoms with Gasteiger partial charge in [-0.2, -0.15) is 8.78 Å². The Morgan fingerprint density at radius 1 is 1.06 bits per heavy atom. The molecule has 1 aromatic carbocycles. The molecule has 0 saturated heterocycles. The van der Waals surface area contributed by atoms with Gasteiger partial charge in [-0.15, -0.1) is 0 Å². The Balaban J connectivity index is 2.20. The van der Waals surface area contributed by atoms with Gasteiger partial charge in [0.15, 0.2) is 0 Å². The summed E-state index contributed by atoms with van der Waals surface area (Å²) in [5, 5.41) is 0. The summed E-state index contributed by atoms with van der Waals surface area (Å²) >= 11 is 0. The van der Waals surface area contributed by atoms with Crippen LogP contribution >= 0.6 is 0 Å². The van der Waals surface area contributed by atoms with Gasteiger partial charge in [-0.1, -0.05) is 35.9 Å². The zero-order chi connectivity index (χ0) is 12.3. The molecule has 0 saturated carbocycles. The van der Waals surface area contributed by atoms with Gasteiger partial charge in [0.1, 0.15) is 5.69 Å². The first-order chi connectivity index (χ1) is 8.08. The second-order valence-corrected chi connectivity index (χ2v) is 4.08. The molecule has 0 radical (unpaired) electrons. The van der Waals surface area contributed by atoms with E-state index in [0.717, 1.165) is 5.56 Å². The molecule has 0 amide bonds. The second kappa shape index (κ2) is 4.62. The first-order valence-electron chi connectivity index (χ1n) is 5.43. The molecule has 0 bridgehead atoms. The highest BCUT2D eigenvalue weighted by Gasteiger charge is 2.32. The third-order valence-corrected chi connectivity index (χ3v) is 2.59. The van der Waals surface area contributed by atoms with Gasteiger partial charge < -0.3 is 0 Å². The number of rotatable bonds is 3. The van der Waals surface area contributed by atoms with Crippen LogP contribution in [0.3, 0.4) is 0 Å². The van der Waals surface area contributed by atoms with Gasteiger partial charge in [-0.25, -0.2) is 0 Å². The largest absolute Gasteiger partial charge is 0.293 e. The van der Waals surface area contributed by atoms with Crippen LogP contribution in [-0.4, -0.2) is 4.98 Å². The summed E-state index contributed by atoms with van der Waals surface area (Å²) in [7, 11) is 0. The molecule has 0 atom stereocenters. The van der Waals surface area contributed by atoms with Crippen LogP contribution in [0.15, 0.2) is 48.7 Å². The van der Waals surface area contributed by atoms with Gasteiger partial charge in [0, 0.05) is 12.6 Å². The Labute approximate surface area is 99.1 Å². The van der Waals surface area contributed by atoms with Crippen LogP contribution in [0.4, 0.5) is 8.78 Å². The van der Waals surface area contributed by atoms with Crippen molar-refractivity contribution in [2.24, 2.45) is 0 Å². The molecule has 0 aliphatic carbocycles. The number of nitrogens with zero attached hydrogens (tertiary/aromatic N) is 1. The van der Waals surface area contributed by atoms with Gasteiger partial charge in [0.05, 0.1) is 0 Å². The molecule has 1 aromatic heterocycles. The fraction of sp³-hybridized carbons (Fsp3) is 0.214. The standard InChI is InChI=1S/C14H13F2N/c1-11-5-7-12(8-6-11)10-14(15,16)13-4-2-3-9-17-13/h2-9H,10H2,1H3. The lowest BCUT2D eigenvalue weighted by Gasteiger charge is -2.15. The Kier molecular flexibility index (Phi) is 3.18. The molecule has 0 aliphatic heterocycles. The summed E-state index contributed by atoms with van der Waals surface area (Å²) in [6.45, 7) is 1.93. The van der Waals surface area contributed by atoms with E-state index in [1.165, 1.54) is 12.3 Å². The molecule has 0 fully saturated rings. The van der Waals surface area contributed by atoms with E-state index >= 15 is 0 Å². The highest BCUT2D eigenvalue weighted by molar-refractivity contribution is 5.24. The number of benzene rings is 1. The zero-order valence-corrected chi connectivity index (χ0v) is 9.53. The zero-order valence-electron chi connectivity index (χ0n) is 9.53. The predicted octanol–water partition coefficient (Wildman–Crippen LogP) is 3.72. The molecule has 2 aromatic rings. The molecule has 3 heteroatoms. The number of hydrogen-bond acceptors (Lipinski definition) is 1. The fourth-order valence-corrected chi connectivity index (χ4v) is 1.63. The van der Waals surface area contributed by atoms with Crippen molar-refractivity contribution >= 4 is 0 Å². The second-order valence-electron chi connectivity index (χ2n) is 4.08. The van der Waals surface area contributed by atoms with Crippen LogP contribution in [-0.2, 0) is 12.3 Å². The van der Waals surface area contributed by atoms with Gasteiger partial charge in [0.2, 0.25) is 0 Å². The minimum atomic E-state index is -2.92. The van der Waals surface area contributed by atoms with Crippen molar-refractivity contribution < 1.29 is 8.78 Å². The Hall–Kier alpha value is -1.77. The molecule has 2 rings (SSSR count). The molecule has 1 nitrogen and oxygen atoms in total. The minimum absolute atomic E-state index is 0.180. The summed E-state index contributed by atoms with van der Waals surface area (Å²) in [6, 6.07) is 11.7. The lowest BCUT2D eigenvalue weighted by Crippen LogP contribution is -2.18. The molecule has 0 N–H and O–H groups in total. The van der Waals surface area contributed by atoms with E-state index in [2.05, 4.69) is 4.98 Å². The van der Waals surface area contributed by atoms with Crippen molar-refractivity contribution in [3.05, 3.63) is 65.5 Å². The molecule has 1 heterocycles. The van der Waals surface area contributed by atoms with E-state index < -0.39 is 5.92 Å². The number of halogens is 2. The van der Waals surface area contributed by atoms with Crippen molar-refractivity contribution in [3.8, 4) is 0 Å². The maximum Gasteiger partial charge on any atom is 0.293 e. The minimum Gasteiger partial charge on any atom is -0.255 e. The van der Waals surface area contributed by atoms with Crippen molar-refractivity contribution in [2.45, 2.75) is 19.3 Å². The molecule has 88 valence electrons. The number of aromatic nitrogens is 1. The number of aryl methyl sites for hydroxylation is 1. The number of pyridine rings is 1. The van der Waals surface area contributed by atoms with Crippen LogP contribution in [0.1, 0.15) is 16.8 Å². The maximum atomic E-state index is 13.9. The SMILES string of the molecule is Cc1ccc(CC(F)(F)c2ccccn2)cc1. The average molecular weight is 233 g/mol. The van der Waals surface area contributed by atoms with E-state index in [1.807, 2.05) is 19.1 Å². The monoisotopic (exact) mass is 233 g/mol. The van der Waals surface area contributed by atoms with E-state index in [4.69, 9.17) is 0 Å². The summed E-state index contributed by atoms with van der Waals surface area (Å²) in [5.74, 6) is -2.92. The van der Waals surface area contributed by atoms with Crippen molar-refractivity contribution in [1.29, 1.82) is 0 Å². The first-order valence-corrected chi connectivity index (χ1v) is 5.43.